The summed E-state index contributed by atoms with van der Waals surface area (Å²) in [5.41, 5.74) is 0.604. The summed E-state index contributed by atoms with van der Waals surface area (Å²) in [7, 11) is 0. The van der Waals surface area contributed by atoms with E-state index in [1.54, 1.807) is 18.2 Å². The van der Waals surface area contributed by atoms with Gasteiger partial charge in [-0.1, -0.05) is 18.2 Å². The molecule has 2 N–H and O–H groups in total. The highest BCUT2D eigenvalue weighted by atomic mass is 19.1. The minimum atomic E-state index is -0.258. The van der Waals surface area contributed by atoms with Crippen LogP contribution in [0.3, 0.4) is 0 Å². The summed E-state index contributed by atoms with van der Waals surface area (Å²) in [6, 6.07) is 6.29. The Labute approximate surface area is 107 Å². The number of carbonyl (C=O) groups excluding carboxylic acids is 1. The van der Waals surface area contributed by atoms with Gasteiger partial charge < -0.3 is 15.4 Å². The van der Waals surface area contributed by atoms with E-state index in [-0.39, 0.29) is 11.8 Å². The van der Waals surface area contributed by atoms with Crippen LogP contribution >= 0.6 is 0 Å². The van der Waals surface area contributed by atoms with E-state index in [9.17, 15) is 9.18 Å². The van der Waals surface area contributed by atoms with Crippen LogP contribution in [-0.4, -0.2) is 32.3 Å². The van der Waals surface area contributed by atoms with E-state index in [2.05, 4.69) is 10.6 Å². The number of halogens is 1. The third kappa shape index (κ3) is 5.63. The highest BCUT2D eigenvalue weighted by Crippen LogP contribution is 2.05. The van der Waals surface area contributed by atoms with Gasteiger partial charge in [-0.3, -0.25) is 0 Å². The fourth-order valence-electron chi connectivity index (χ4n) is 1.46. The Balaban J connectivity index is 2.14. The second kappa shape index (κ2) is 8.47. The lowest BCUT2D eigenvalue weighted by Gasteiger charge is -2.08. The van der Waals surface area contributed by atoms with Crippen molar-refractivity contribution in [3.63, 3.8) is 0 Å². The molecule has 0 fully saturated rings. The molecule has 100 valence electrons. The van der Waals surface area contributed by atoms with Crippen LogP contribution in [0.1, 0.15) is 12.5 Å². The number of hydrogen-bond acceptors (Lipinski definition) is 2. The Morgan fingerprint density at radius 2 is 2.00 bits per heavy atom. The number of nitrogens with one attached hydrogen (secondary N) is 2. The molecule has 2 amide bonds. The van der Waals surface area contributed by atoms with Gasteiger partial charge >= 0.3 is 6.03 Å². The minimum Gasteiger partial charge on any atom is -0.380 e. The van der Waals surface area contributed by atoms with Gasteiger partial charge in [-0.05, 0) is 25.0 Å². The summed E-state index contributed by atoms with van der Waals surface area (Å²) >= 11 is 0. The molecule has 5 heteroatoms. The van der Waals surface area contributed by atoms with Crippen LogP contribution in [0.2, 0.25) is 0 Å². The zero-order chi connectivity index (χ0) is 13.2. The standard InChI is InChI=1S/C13H19FN2O2/c1-2-18-10-9-16-13(17)15-8-7-11-5-3-4-6-12(11)14/h3-6H,2,7-10H2,1H3,(H2,15,16,17). The van der Waals surface area contributed by atoms with Crippen LogP contribution in [0.15, 0.2) is 24.3 Å². The summed E-state index contributed by atoms with van der Waals surface area (Å²) in [4.78, 5) is 11.3. The van der Waals surface area contributed by atoms with Gasteiger partial charge in [0.1, 0.15) is 5.82 Å². The summed E-state index contributed by atoms with van der Waals surface area (Å²) in [6.45, 7) is 3.91. The second-order valence-electron chi connectivity index (χ2n) is 3.72. The minimum absolute atomic E-state index is 0.240. The Morgan fingerprint density at radius 1 is 1.28 bits per heavy atom. The van der Waals surface area contributed by atoms with E-state index < -0.39 is 0 Å². The quantitative estimate of drug-likeness (QED) is 0.728. The number of urea groups is 1. The SMILES string of the molecule is CCOCCNC(=O)NCCc1ccccc1F. The van der Waals surface area contributed by atoms with Crippen molar-refractivity contribution in [2.24, 2.45) is 0 Å². The van der Waals surface area contributed by atoms with E-state index in [0.29, 0.717) is 38.3 Å². The van der Waals surface area contributed by atoms with E-state index in [1.807, 2.05) is 6.92 Å². The molecule has 1 aromatic rings. The van der Waals surface area contributed by atoms with Crippen molar-refractivity contribution in [1.29, 1.82) is 0 Å². The Hall–Kier alpha value is -1.62. The summed E-state index contributed by atoms with van der Waals surface area (Å²) in [5, 5.41) is 5.31. The predicted octanol–water partition coefficient (Wildman–Crippen LogP) is 1.70. The lowest BCUT2D eigenvalue weighted by molar-refractivity contribution is 0.149. The predicted molar refractivity (Wildman–Crippen MR) is 68.0 cm³/mol. The number of ether oxygens (including phenoxy) is 1. The molecule has 0 bridgehead atoms. The van der Waals surface area contributed by atoms with Gasteiger partial charge in [0.2, 0.25) is 0 Å². The lowest BCUT2D eigenvalue weighted by Crippen LogP contribution is -2.38. The first kappa shape index (κ1) is 14.4. The maximum absolute atomic E-state index is 13.3. The van der Waals surface area contributed by atoms with Crippen LogP contribution in [0.4, 0.5) is 9.18 Å². The average molecular weight is 254 g/mol. The van der Waals surface area contributed by atoms with E-state index in [0.717, 1.165) is 0 Å². The normalized spacial score (nSPS) is 10.1. The van der Waals surface area contributed by atoms with Gasteiger partial charge in [-0.15, -0.1) is 0 Å². The van der Waals surface area contributed by atoms with Crippen molar-refractivity contribution in [1.82, 2.24) is 10.6 Å². The van der Waals surface area contributed by atoms with Crippen LogP contribution in [0.25, 0.3) is 0 Å². The highest BCUT2D eigenvalue weighted by Gasteiger charge is 2.02. The summed E-state index contributed by atoms with van der Waals surface area (Å²) in [5.74, 6) is -0.240. The van der Waals surface area contributed by atoms with Gasteiger partial charge in [0.15, 0.2) is 0 Å². The molecule has 0 saturated heterocycles. The Bertz CT molecular complexity index is 372. The molecule has 0 spiro atoms. The monoisotopic (exact) mass is 254 g/mol. The molecule has 0 aliphatic heterocycles. The number of carbonyl (C=O) groups is 1. The van der Waals surface area contributed by atoms with Crippen LogP contribution in [0, 0.1) is 5.82 Å². The van der Waals surface area contributed by atoms with Gasteiger partial charge in [-0.25, -0.2) is 9.18 Å². The van der Waals surface area contributed by atoms with Gasteiger partial charge in [0.05, 0.1) is 6.61 Å². The van der Waals surface area contributed by atoms with Crippen LogP contribution in [-0.2, 0) is 11.2 Å². The maximum Gasteiger partial charge on any atom is 0.314 e. The van der Waals surface area contributed by atoms with Gasteiger partial charge in [-0.2, -0.15) is 0 Å². The van der Waals surface area contributed by atoms with E-state index in [1.165, 1.54) is 6.07 Å². The topological polar surface area (TPSA) is 50.4 Å². The molecule has 0 unspecified atom stereocenters. The first-order valence-corrected chi connectivity index (χ1v) is 6.07. The molecule has 4 nitrogen and oxygen atoms in total. The number of rotatable bonds is 7. The van der Waals surface area contributed by atoms with Crippen LogP contribution < -0.4 is 10.6 Å². The molecule has 1 rings (SSSR count). The molecule has 0 aromatic heterocycles. The van der Waals surface area contributed by atoms with Crippen molar-refractivity contribution in [3.8, 4) is 0 Å². The van der Waals surface area contributed by atoms with Gasteiger partial charge in [0, 0.05) is 19.7 Å². The van der Waals surface area contributed by atoms with Crippen molar-refractivity contribution in [2.75, 3.05) is 26.3 Å². The molecule has 0 atom stereocenters. The molecule has 0 aliphatic carbocycles. The molecular weight excluding hydrogens is 235 g/mol. The fraction of sp³-hybridized carbons (Fsp3) is 0.462. The van der Waals surface area contributed by atoms with Crippen molar-refractivity contribution in [3.05, 3.63) is 35.6 Å². The van der Waals surface area contributed by atoms with Crippen LogP contribution in [0.5, 0.6) is 0 Å². The molecule has 0 aliphatic rings. The first-order valence-electron chi connectivity index (χ1n) is 6.07. The molecule has 0 radical (unpaired) electrons. The summed E-state index contributed by atoms with van der Waals surface area (Å²) in [6.07, 6.45) is 0.478. The second-order valence-corrected chi connectivity index (χ2v) is 3.72. The number of hydrogen-bond donors (Lipinski definition) is 2. The van der Waals surface area contributed by atoms with Crippen molar-refractivity contribution < 1.29 is 13.9 Å². The fourth-order valence-corrected chi connectivity index (χ4v) is 1.46. The Kier molecular flexibility index (Phi) is 6.79. The third-order valence-electron chi connectivity index (χ3n) is 2.37. The van der Waals surface area contributed by atoms with Crippen molar-refractivity contribution >= 4 is 6.03 Å². The highest BCUT2D eigenvalue weighted by molar-refractivity contribution is 5.73. The van der Waals surface area contributed by atoms with Crippen molar-refractivity contribution in [2.45, 2.75) is 13.3 Å². The largest absolute Gasteiger partial charge is 0.380 e. The molecule has 0 heterocycles. The number of benzene rings is 1. The van der Waals surface area contributed by atoms with E-state index >= 15 is 0 Å². The van der Waals surface area contributed by atoms with Gasteiger partial charge in [0.25, 0.3) is 0 Å². The maximum atomic E-state index is 13.3. The first-order chi connectivity index (χ1) is 8.74. The summed E-state index contributed by atoms with van der Waals surface area (Å²) < 4.78 is 18.3. The average Bonchev–Trinajstić information content (AvgIpc) is 2.37. The van der Waals surface area contributed by atoms with E-state index in [4.69, 9.17) is 4.74 Å². The third-order valence-corrected chi connectivity index (χ3v) is 2.37. The molecule has 1 aromatic carbocycles. The number of amides is 2. The molecule has 0 saturated carbocycles. The Morgan fingerprint density at radius 3 is 2.72 bits per heavy atom. The molecular formula is C13H19FN2O2. The zero-order valence-electron chi connectivity index (χ0n) is 10.5. The smallest absolute Gasteiger partial charge is 0.314 e. The lowest BCUT2D eigenvalue weighted by atomic mass is 10.1. The zero-order valence-corrected chi connectivity index (χ0v) is 10.5. The molecule has 18 heavy (non-hydrogen) atoms.